The van der Waals surface area contributed by atoms with Crippen LogP contribution in [0.25, 0.3) is 5.69 Å². The Morgan fingerprint density at radius 3 is 2.52 bits per heavy atom. The zero-order valence-electron chi connectivity index (χ0n) is 17.6. The molecule has 1 fully saturated rings. The number of carbonyl (C=O) groups excluding carboxylic acids is 1. The highest BCUT2D eigenvalue weighted by Crippen LogP contribution is 2.26. The van der Waals surface area contributed by atoms with Crippen molar-refractivity contribution in [1.82, 2.24) is 19.6 Å². The van der Waals surface area contributed by atoms with Crippen LogP contribution in [0.1, 0.15) is 17.0 Å². The number of aromatic nitrogens is 2. The number of para-hydroxylation sites is 1. The largest absolute Gasteiger partial charge is 0.396 e. The first-order valence-electron chi connectivity index (χ1n) is 10.2. The summed E-state index contributed by atoms with van der Waals surface area (Å²) in [4.78, 5) is 17.0. The molecule has 7 heteroatoms. The Bertz CT molecular complexity index is 821. The van der Waals surface area contributed by atoms with Crippen LogP contribution < -0.4 is 0 Å². The summed E-state index contributed by atoms with van der Waals surface area (Å²) in [5.74, 6) is 0.374. The fourth-order valence-corrected chi connectivity index (χ4v) is 4.23. The Balaban J connectivity index is 1.70. The smallest absolute Gasteiger partial charge is 0.227 e. The van der Waals surface area contributed by atoms with Gasteiger partial charge in [0.1, 0.15) is 0 Å². The van der Waals surface area contributed by atoms with Gasteiger partial charge in [-0.2, -0.15) is 5.10 Å². The summed E-state index contributed by atoms with van der Waals surface area (Å²) >= 11 is 0. The van der Waals surface area contributed by atoms with E-state index in [4.69, 9.17) is 5.11 Å². The second-order valence-corrected chi connectivity index (χ2v) is 8.06. The lowest BCUT2D eigenvalue weighted by Crippen LogP contribution is -2.34. The lowest BCUT2D eigenvalue weighted by molar-refractivity contribution is -0.129. The minimum atomic E-state index is 0.0748. The topological polar surface area (TPSA) is 81.8 Å². The van der Waals surface area contributed by atoms with Crippen molar-refractivity contribution in [2.24, 2.45) is 11.8 Å². The number of hydrogen-bond donors (Lipinski definition) is 2. The lowest BCUT2D eigenvalue weighted by Gasteiger charge is -2.23. The molecule has 1 aliphatic rings. The molecule has 2 aromatic rings. The zero-order chi connectivity index (χ0) is 21.0. The van der Waals surface area contributed by atoms with Crippen LogP contribution in [0.15, 0.2) is 30.3 Å². The fraction of sp³-hybridized carbons (Fsp3) is 0.545. The highest BCUT2D eigenvalue weighted by atomic mass is 16.3. The van der Waals surface area contributed by atoms with Crippen molar-refractivity contribution in [2.45, 2.75) is 20.3 Å². The first-order valence-corrected chi connectivity index (χ1v) is 10.2. The van der Waals surface area contributed by atoms with E-state index in [0.717, 1.165) is 29.2 Å². The number of rotatable bonds is 8. The van der Waals surface area contributed by atoms with Crippen LogP contribution in [0.4, 0.5) is 0 Å². The average molecular weight is 401 g/mol. The first kappa shape index (κ1) is 21.5. The zero-order valence-corrected chi connectivity index (χ0v) is 17.6. The number of amides is 1. The minimum absolute atomic E-state index is 0.0748. The van der Waals surface area contributed by atoms with E-state index < -0.39 is 0 Å². The summed E-state index contributed by atoms with van der Waals surface area (Å²) in [5, 5.41) is 23.5. The van der Waals surface area contributed by atoms with E-state index in [1.807, 2.05) is 60.8 Å². The SMILES string of the molecule is Cc1nn(-c2ccccc2)c(C)c1CC(=O)N1CC(CO)C(CN(C)CCO)C1. The standard InChI is InChI=1S/C22H32N4O3/c1-16-21(17(2)26(23-16)20-7-5-4-6-8-20)11-22(29)25-13-18(19(14-25)15-28)12-24(3)9-10-27/h4-8,18-19,27-28H,9-15H2,1-3H3. The van der Waals surface area contributed by atoms with Gasteiger partial charge in [-0.05, 0) is 38.9 Å². The highest BCUT2D eigenvalue weighted by Gasteiger charge is 2.35. The summed E-state index contributed by atoms with van der Waals surface area (Å²) < 4.78 is 1.89. The molecule has 1 aliphatic heterocycles. The van der Waals surface area contributed by atoms with E-state index in [1.54, 1.807) is 0 Å². The predicted octanol–water partition coefficient (Wildman–Crippen LogP) is 1.02. The maximum atomic E-state index is 13.0. The number of benzene rings is 1. The maximum Gasteiger partial charge on any atom is 0.227 e. The molecule has 0 aliphatic carbocycles. The quantitative estimate of drug-likeness (QED) is 0.692. The van der Waals surface area contributed by atoms with Gasteiger partial charge in [0.2, 0.25) is 5.91 Å². The average Bonchev–Trinajstić information content (AvgIpc) is 3.24. The highest BCUT2D eigenvalue weighted by molar-refractivity contribution is 5.79. The molecule has 29 heavy (non-hydrogen) atoms. The maximum absolute atomic E-state index is 13.0. The summed E-state index contributed by atoms with van der Waals surface area (Å²) in [7, 11) is 1.96. The number of aliphatic hydroxyl groups is 2. The van der Waals surface area contributed by atoms with Gasteiger partial charge in [0.15, 0.2) is 0 Å². The van der Waals surface area contributed by atoms with E-state index in [9.17, 15) is 9.90 Å². The van der Waals surface area contributed by atoms with Crippen molar-refractivity contribution in [2.75, 3.05) is 46.4 Å². The molecule has 0 bridgehead atoms. The molecule has 0 radical (unpaired) electrons. The molecule has 2 unspecified atom stereocenters. The van der Waals surface area contributed by atoms with E-state index in [2.05, 4.69) is 10.00 Å². The van der Waals surface area contributed by atoms with Gasteiger partial charge in [0.25, 0.3) is 0 Å². The Hall–Kier alpha value is -2.22. The van der Waals surface area contributed by atoms with Gasteiger partial charge < -0.3 is 20.0 Å². The van der Waals surface area contributed by atoms with Gasteiger partial charge in [-0.1, -0.05) is 18.2 Å². The van der Waals surface area contributed by atoms with Crippen LogP contribution in [-0.4, -0.2) is 82.1 Å². The molecule has 3 rings (SSSR count). The molecular weight excluding hydrogens is 368 g/mol. The second kappa shape index (κ2) is 9.52. The van der Waals surface area contributed by atoms with Gasteiger partial charge in [-0.3, -0.25) is 4.79 Å². The van der Waals surface area contributed by atoms with E-state index in [0.29, 0.717) is 26.1 Å². The number of carbonyl (C=O) groups is 1. The van der Waals surface area contributed by atoms with Crippen molar-refractivity contribution < 1.29 is 15.0 Å². The number of hydrogen-bond acceptors (Lipinski definition) is 5. The van der Waals surface area contributed by atoms with Crippen molar-refractivity contribution in [1.29, 1.82) is 0 Å². The van der Waals surface area contributed by atoms with Gasteiger partial charge >= 0.3 is 0 Å². The van der Waals surface area contributed by atoms with Crippen molar-refractivity contribution in [3.05, 3.63) is 47.3 Å². The molecule has 0 spiro atoms. The summed E-state index contributed by atoms with van der Waals surface area (Å²) in [6.07, 6.45) is 0.321. The second-order valence-electron chi connectivity index (χ2n) is 8.06. The molecule has 158 valence electrons. The molecule has 2 atom stereocenters. The Kier molecular flexibility index (Phi) is 7.05. The molecule has 7 nitrogen and oxygen atoms in total. The molecule has 1 saturated heterocycles. The van der Waals surface area contributed by atoms with Crippen molar-refractivity contribution >= 4 is 5.91 Å². The third-order valence-corrected chi connectivity index (χ3v) is 5.96. The van der Waals surface area contributed by atoms with Gasteiger partial charge in [0.05, 0.1) is 24.4 Å². The lowest BCUT2D eigenvalue weighted by atomic mass is 9.96. The fourth-order valence-electron chi connectivity index (χ4n) is 4.23. The molecule has 1 aromatic carbocycles. The summed E-state index contributed by atoms with van der Waals surface area (Å²) in [5.41, 5.74) is 3.82. The van der Waals surface area contributed by atoms with Crippen LogP contribution in [0, 0.1) is 25.7 Å². The number of likely N-dealkylation sites (N-methyl/N-ethyl adjacent to an activating group) is 1. The first-order chi connectivity index (χ1) is 13.9. The number of aryl methyl sites for hydroxylation is 1. The van der Waals surface area contributed by atoms with Crippen LogP contribution >= 0.6 is 0 Å². The Labute approximate surface area is 172 Å². The predicted molar refractivity (Wildman–Crippen MR) is 112 cm³/mol. The summed E-state index contributed by atoms with van der Waals surface area (Å²) in [6.45, 7) is 6.72. The molecule has 1 aromatic heterocycles. The van der Waals surface area contributed by atoms with Crippen LogP contribution in [0.3, 0.4) is 0 Å². The van der Waals surface area contributed by atoms with Gasteiger partial charge in [-0.25, -0.2) is 4.68 Å². The molecular formula is C22H32N4O3. The number of likely N-dealkylation sites (tertiary alicyclic amines) is 1. The number of nitrogens with zero attached hydrogens (tertiary/aromatic N) is 4. The Morgan fingerprint density at radius 2 is 1.86 bits per heavy atom. The van der Waals surface area contributed by atoms with E-state index in [-0.39, 0.29) is 31.0 Å². The van der Waals surface area contributed by atoms with Crippen molar-refractivity contribution in [3.63, 3.8) is 0 Å². The van der Waals surface area contributed by atoms with Gasteiger partial charge in [0, 0.05) is 50.0 Å². The van der Waals surface area contributed by atoms with Gasteiger partial charge in [-0.15, -0.1) is 0 Å². The minimum Gasteiger partial charge on any atom is -0.396 e. The van der Waals surface area contributed by atoms with E-state index >= 15 is 0 Å². The van der Waals surface area contributed by atoms with Crippen LogP contribution in [0.5, 0.6) is 0 Å². The number of aliphatic hydroxyl groups excluding tert-OH is 2. The van der Waals surface area contributed by atoms with Crippen LogP contribution in [0.2, 0.25) is 0 Å². The molecule has 2 heterocycles. The third kappa shape index (κ3) is 4.86. The molecule has 0 saturated carbocycles. The molecule has 2 N–H and O–H groups in total. The summed E-state index contributed by atoms with van der Waals surface area (Å²) in [6, 6.07) is 9.93. The molecule has 1 amide bonds. The van der Waals surface area contributed by atoms with Crippen LogP contribution in [-0.2, 0) is 11.2 Å². The Morgan fingerprint density at radius 1 is 1.17 bits per heavy atom. The van der Waals surface area contributed by atoms with Crippen molar-refractivity contribution in [3.8, 4) is 5.69 Å². The third-order valence-electron chi connectivity index (χ3n) is 5.96. The normalized spacial score (nSPS) is 19.3. The monoisotopic (exact) mass is 400 g/mol. The van der Waals surface area contributed by atoms with E-state index in [1.165, 1.54) is 0 Å².